The van der Waals surface area contributed by atoms with Gasteiger partial charge in [-0.3, -0.25) is 4.57 Å². The predicted molar refractivity (Wildman–Crippen MR) is 156 cm³/mol. The molecule has 3 nitrogen and oxygen atoms in total. The van der Waals surface area contributed by atoms with Crippen molar-refractivity contribution in [3.63, 3.8) is 0 Å². The van der Waals surface area contributed by atoms with Gasteiger partial charge < -0.3 is 4.90 Å². The fourth-order valence-electron chi connectivity index (χ4n) is 6.00. The lowest BCUT2D eigenvalue weighted by Crippen LogP contribution is -2.38. The van der Waals surface area contributed by atoms with Crippen LogP contribution in [0.5, 0.6) is 0 Å². The van der Waals surface area contributed by atoms with Crippen LogP contribution < -0.4 is 0 Å². The van der Waals surface area contributed by atoms with Gasteiger partial charge in [-0.15, -0.1) is 0 Å². The smallest absolute Gasteiger partial charge is 0.215 e. The first kappa shape index (κ1) is 20.3. The van der Waals surface area contributed by atoms with Gasteiger partial charge >= 0.3 is 0 Å². The van der Waals surface area contributed by atoms with Crippen molar-refractivity contribution in [3.05, 3.63) is 139 Å². The van der Waals surface area contributed by atoms with Gasteiger partial charge in [-0.25, -0.2) is 4.99 Å². The Balaban J connectivity index is 1.43. The number of rotatable bonds is 1. The van der Waals surface area contributed by atoms with E-state index in [4.69, 9.17) is 4.99 Å². The summed E-state index contributed by atoms with van der Waals surface area (Å²) < 4.78 is 2.33. The second-order valence-electron chi connectivity index (χ2n) is 9.62. The molecule has 0 N–H and O–H groups in total. The fourth-order valence-corrected chi connectivity index (χ4v) is 6.00. The summed E-state index contributed by atoms with van der Waals surface area (Å²) in [5.41, 5.74) is 5.88. The van der Waals surface area contributed by atoms with Gasteiger partial charge in [-0.1, -0.05) is 103 Å². The van der Waals surface area contributed by atoms with Crippen LogP contribution in [-0.2, 0) is 0 Å². The minimum Gasteiger partial charge on any atom is -0.307 e. The Bertz CT molecular complexity index is 2010. The molecule has 3 heterocycles. The lowest BCUT2D eigenvalue weighted by atomic mass is 9.94. The van der Waals surface area contributed by atoms with Crippen molar-refractivity contribution in [2.75, 3.05) is 6.54 Å². The Kier molecular flexibility index (Phi) is 4.29. The average Bonchev–Trinajstić information content (AvgIpc) is 3.31. The van der Waals surface area contributed by atoms with Gasteiger partial charge in [0, 0.05) is 29.1 Å². The van der Waals surface area contributed by atoms with Crippen LogP contribution in [0.1, 0.15) is 5.56 Å². The zero-order valence-electron chi connectivity index (χ0n) is 20.2. The Hall–Kier alpha value is -4.89. The van der Waals surface area contributed by atoms with Crippen LogP contribution in [0.3, 0.4) is 0 Å². The minimum absolute atomic E-state index is 0.772. The van der Waals surface area contributed by atoms with E-state index in [0.717, 1.165) is 18.1 Å². The van der Waals surface area contributed by atoms with Crippen molar-refractivity contribution >= 4 is 54.9 Å². The van der Waals surface area contributed by atoms with E-state index in [-0.39, 0.29) is 0 Å². The SMILES string of the molecule is C1=CCN2C(=C1)C(c1cccc3ccccc13)=CN=C2n1c2ccccc2c2c3ccccc3ccc21. The molecule has 5 aromatic carbocycles. The van der Waals surface area contributed by atoms with Crippen molar-refractivity contribution in [1.29, 1.82) is 0 Å². The van der Waals surface area contributed by atoms with E-state index in [1.54, 1.807) is 0 Å². The normalized spacial score (nSPS) is 15.2. The standard InChI is InChI=1S/C34H23N3/c1-3-13-25-23(10-1)12-9-16-27(25)29-22-35-34(36-21-8-7-17-30(29)36)37-31-18-6-5-15-28(31)33-26-14-4-2-11-24(26)19-20-32(33)37/h1-20,22H,21H2. The van der Waals surface area contributed by atoms with Gasteiger partial charge in [0.25, 0.3) is 0 Å². The third kappa shape index (κ3) is 2.91. The van der Waals surface area contributed by atoms with Crippen LogP contribution in [0.15, 0.2) is 138 Å². The highest BCUT2D eigenvalue weighted by Gasteiger charge is 2.28. The Labute approximate surface area is 214 Å². The average molecular weight is 474 g/mol. The molecule has 2 aliphatic rings. The van der Waals surface area contributed by atoms with Crippen molar-refractivity contribution in [2.45, 2.75) is 0 Å². The first-order valence-electron chi connectivity index (χ1n) is 12.7. The maximum absolute atomic E-state index is 5.17. The molecule has 3 heteroatoms. The highest BCUT2D eigenvalue weighted by molar-refractivity contribution is 6.24. The van der Waals surface area contributed by atoms with E-state index in [9.17, 15) is 0 Å². The van der Waals surface area contributed by atoms with Crippen molar-refractivity contribution in [2.24, 2.45) is 4.99 Å². The highest BCUT2D eigenvalue weighted by Crippen LogP contribution is 2.39. The first-order valence-corrected chi connectivity index (χ1v) is 12.7. The summed E-state index contributed by atoms with van der Waals surface area (Å²) in [6.07, 6.45) is 8.64. The molecule has 0 atom stereocenters. The van der Waals surface area contributed by atoms with Crippen molar-refractivity contribution in [3.8, 4) is 0 Å². The lowest BCUT2D eigenvalue weighted by molar-refractivity contribution is 0.562. The number of hydrogen-bond donors (Lipinski definition) is 0. The Morgan fingerprint density at radius 1 is 0.622 bits per heavy atom. The molecule has 0 spiro atoms. The monoisotopic (exact) mass is 473 g/mol. The molecule has 8 rings (SSSR count). The van der Waals surface area contributed by atoms with E-state index in [0.29, 0.717) is 0 Å². The van der Waals surface area contributed by atoms with E-state index in [1.807, 2.05) is 0 Å². The molecule has 0 amide bonds. The van der Waals surface area contributed by atoms with Gasteiger partial charge in [0.2, 0.25) is 5.96 Å². The number of fused-ring (bicyclic) bond motifs is 7. The summed E-state index contributed by atoms with van der Waals surface area (Å²) in [5.74, 6) is 0.932. The molecule has 0 fully saturated rings. The van der Waals surface area contributed by atoms with Crippen molar-refractivity contribution < 1.29 is 0 Å². The molecule has 174 valence electrons. The van der Waals surface area contributed by atoms with E-state index >= 15 is 0 Å². The van der Waals surface area contributed by atoms with Crippen LogP contribution in [0, 0.1) is 0 Å². The van der Waals surface area contributed by atoms with Gasteiger partial charge in [0.1, 0.15) is 0 Å². The summed E-state index contributed by atoms with van der Waals surface area (Å²) in [4.78, 5) is 7.52. The van der Waals surface area contributed by atoms with Crippen molar-refractivity contribution in [1.82, 2.24) is 9.47 Å². The lowest BCUT2D eigenvalue weighted by Gasteiger charge is -2.34. The second kappa shape index (κ2) is 7.81. The van der Waals surface area contributed by atoms with E-state index in [2.05, 4.69) is 137 Å². The molecule has 37 heavy (non-hydrogen) atoms. The number of allylic oxidation sites excluding steroid dienone is 3. The number of para-hydroxylation sites is 1. The van der Waals surface area contributed by atoms with Gasteiger partial charge in [0.15, 0.2) is 0 Å². The maximum Gasteiger partial charge on any atom is 0.215 e. The summed E-state index contributed by atoms with van der Waals surface area (Å²) in [6.45, 7) is 0.772. The summed E-state index contributed by atoms with van der Waals surface area (Å²) in [7, 11) is 0. The molecule has 6 aromatic rings. The molecule has 0 unspecified atom stereocenters. The molecule has 2 aliphatic heterocycles. The number of hydrogen-bond acceptors (Lipinski definition) is 2. The van der Waals surface area contributed by atoms with Crippen LogP contribution in [0.25, 0.3) is 48.9 Å². The molecular formula is C34H23N3. The first-order chi connectivity index (χ1) is 18.4. The quantitative estimate of drug-likeness (QED) is 0.236. The largest absolute Gasteiger partial charge is 0.307 e. The second-order valence-corrected chi connectivity index (χ2v) is 9.62. The third-order valence-corrected chi connectivity index (χ3v) is 7.64. The summed E-state index contributed by atoms with van der Waals surface area (Å²) >= 11 is 0. The minimum atomic E-state index is 0.772. The Morgan fingerprint density at radius 3 is 2.24 bits per heavy atom. The van der Waals surface area contributed by atoms with E-state index < -0.39 is 0 Å². The molecule has 0 saturated carbocycles. The zero-order chi connectivity index (χ0) is 24.3. The van der Waals surface area contributed by atoms with E-state index in [1.165, 1.54) is 54.6 Å². The molecule has 0 aliphatic carbocycles. The highest BCUT2D eigenvalue weighted by atomic mass is 15.3. The van der Waals surface area contributed by atoms with Gasteiger partial charge in [-0.2, -0.15) is 0 Å². The Morgan fingerprint density at radius 2 is 1.35 bits per heavy atom. The number of benzene rings is 5. The third-order valence-electron chi connectivity index (χ3n) is 7.64. The molecule has 0 saturated heterocycles. The molecular weight excluding hydrogens is 450 g/mol. The van der Waals surface area contributed by atoms with Gasteiger partial charge in [0.05, 0.1) is 16.7 Å². The topological polar surface area (TPSA) is 20.5 Å². The summed E-state index contributed by atoms with van der Waals surface area (Å²) in [6, 6.07) is 36.9. The summed E-state index contributed by atoms with van der Waals surface area (Å²) in [5, 5.41) is 7.53. The van der Waals surface area contributed by atoms with Crippen LogP contribution in [0.2, 0.25) is 0 Å². The number of aromatic nitrogens is 1. The molecule has 0 bridgehead atoms. The van der Waals surface area contributed by atoms with Crippen LogP contribution in [0.4, 0.5) is 0 Å². The number of aliphatic imine (C=N–C) groups is 1. The van der Waals surface area contributed by atoms with Crippen LogP contribution in [-0.4, -0.2) is 22.0 Å². The zero-order valence-corrected chi connectivity index (χ0v) is 20.2. The maximum atomic E-state index is 5.17. The molecule has 0 radical (unpaired) electrons. The molecule has 1 aromatic heterocycles. The number of nitrogens with zero attached hydrogens (tertiary/aromatic N) is 3. The fraction of sp³-hybridized carbons (Fsp3) is 0.0294. The van der Waals surface area contributed by atoms with Gasteiger partial charge in [-0.05, 0) is 45.3 Å². The van der Waals surface area contributed by atoms with Crippen LogP contribution >= 0.6 is 0 Å². The predicted octanol–water partition coefficient (Wildman–Crippen LogP) is 8.12.